The Morgan fingerprint density at radius 3 is 2.10 bits per heavy atom. The van der Waals surface area contributed by atoms with Crippen molar-refractivity contribution in [2.75, 3.05) is 14.1 Å². The maximum atomic E-state index is 12.4. The van der Waals surface area contributed by atoms with Gasteiger partial charge in [0.15, 0.2) is 0 Å². The van der Waals surface area contributed by atoms with E-state index in [9.17, 15) is 14.4 Å². The van der Waals surface area contributed by atoms with Crippen molar-refractivity contribution in [3.63, 3.8) is 0 Å². The largest absolute Gasteiger partial charge is 0.368 e. The third-order valence-corrected chi connectivity index (χ3v) is 3.70. The van der Waals surface area contributed by atoms with Crippen LogP contribution >= 0.6 is 0 Å². The molecule has 0 rings (SSSR count). The molecule has 3 amide bonds. The van der Waals surface area contributed by atoms with Gasteiger partial charge in [-0.25, -0.2) is 0 Å². The molecule has 0 saturated heterocycles. The van der Waals surface area contributed by atoms with Gasteiger partial charge in [-0.1, -0.05) is 33.8 Å². The van der Waals surface area contributed by atoms with Gasteiger partial charge in [-0.15, -0.1) is 0 Å². The first-order chi connectivity index (χ1) is 9.68. The fourth-order valence-corrected chi connectivity index (χ4v) is 2.08. The molecule has 0 bridgehead atoms. The minimum Gasteiger partial charge on any atom is -0.368 e. The summed E-state index contributed by atoms with van der Waals surface area (Å²) in [6.07, 6.45) is 1.75. The van der Waals surface area contributed by atoms with E-state index >= 15 is 0 Å². The molecule has 0 heterocycles. The Hall–Kier alpha value is -1.85. The Morgan fingerprint density at radius 1 is 1.19 bits per heavy atom. The third kappa shape index (κ3) is 4.88. The van der Waals surface area contributed by atoms with Crippen molar-refractivity contribution in [2.45, 2.75) is 46.1 Å². The Morgan fingerprint density at radius 2 is 1.71 bits per heavy atom. The average molecular weight is 297 g/mol. The number of nitrogens with two attached hydrogens (primary N) is 1. The van der Waals surface area contributed by atoms with E-state index in [1.165, 1.54) is 23.9 Å². The number of carbonyl (C=O) groups is 3. The molecule has 0 aliphatic heterocycles. The lowest BCUT2D eigenvalue weighted by Crippen LogP contribution is -2.51. The molecule has 0 radical (unpaired) electrons. The van der Waals surface area contributed by atoms with E-state index in [0.29, 0.717) is 19.3 Å². The van der Waals surface area contributed by atoms with Gasteiger partial charge in [0.2, 0.25) is 11.8 Å². The Kier molecular flexibility index (Phi) is 7.70. The maximum absolute atomic E-state index is 12.4. The van der Waals surface area contributed by atoms with Crippen molar-refractivity contribution in [1.29, 1.82) is 0 Å². The lowest BCUT2D eigenvalue weighted by Gasteiger charge is -2.32. The van der Waals surface area contributed by atoms with E-state index in [2.05, 4.69) is 6.58 Å². The molecule has 21 heavy (non-hydrogen) atoms. The highest BCUT2D eigenvalue weighted by atomic mass is 16.2. The van der Waals surface area contributed by atoms with Crippen LogP contribution in [0.3, 0.4) is 0 Å². The number of hydrogen-bond acceptors (Lipinski definition) is 3. The van der Waals surface area contributed by atoms with Crippen LogP contribution in [-0.2, 0) is 14.4 Å². The van der Waals surface area contributed by atoms with E-state index in [0.717, 1.165) is 0 Å². The predicted octanol–water partition coefficient (Wildman–Crippen LogP) is 1.12. The number of primary amides is 1. The molecule has 120 valence electrons. The summed E-state index contributed by atoms with van der Waals surface area (Å²) in [4.78, 5) is 38.3. The average Bonchev–Trinajstić information content (AvgIpc) is 2.44. The second-order valence-electron chi connectivity index (χ2n) is 5.30. The Balaban J connectivity index is 5.09. The summed E-state index contributed by atoms with van der Waals surface area (Å²) in [5.41, 5.74) is 5.44. The van der Waals surface area contributed by atoms with Gasteiger partial charge in [0.25, 0.3) is 5.91 Å². The SMILES string of the molecule is C=C(C(=O)N(C)[C@H](C(N)=O)C(C)CC)N(C)C(=O)CCC. The molecule has 2 N–H and O–H groups in total. The molecule has 0 aromatic carbocycles. The van der Waals surface area contributed by atoms with Gasteiger partial charge in [0.1, 0.15) is 11.7 Å². The van der Waals surface area contributed by atoms with Crippen LogP contribution < -0.4 is 5.73 Å². The Bertz CT molecular complexity index is 420. The van der Waals surface area contributed by atoms with Gasteiger partial charge in [-0.3, -0.25) is 14.4 Å². The highest BCUT2D eigenvalue weighted by Gasteiger charge is 2.31. The van der Waals surface area contributed by atoms with Crippen molar-refractivity contribution in [3.8, 4) is 0 Å². The number of likely N-dealkylation sites (N-methyl/N-ethyl adjacent to an activating group) is 2. The van der Waals surface area contributed by atoms with Crippen molar-refractivity contribution >= 4 is 17.7 Å². The molecule has 0 aromatic rings. The summed E-state index contributed by atoms with van der Waals surface area (Å²) in [6, 6.07) is -0.714. The summed E-state index contributed by atoms with van der Waals surface area (Å²) in [5.74, 6) is -1.27. The molecular formula is C15H27N3O3. The van der Waals surface area contributed by atoms with Crippen molar-refractivity contribution in [3.05, 3.63) is 12.3 Å². The third-order valence-electron chi connectivity index (χ3n) is 3.70. The minimum atomic E-state index is -0.714. The van der Waals surface area contributed by atoms with Crippen LogP contribution in [0.4, 0.5) is 0 Å². The number of rotatable bonds is 8. The topological polar surface area (TPSA) is 83.7 Å². The number of carbonyl (C=O) groups excluding carboxylic acids is 3. The van der Waals surface area contributed by atoms with E-state index < -0.39 is 17.9 Å². The first-order valence-electron chi connectivity index (χ1n) is 7.20. The molecule has 0 aromatic heterocycles. The maximum Gasteiger partial charge on any atom is 0.270 e. The van der Waals surface area contributed by atoms with E-state index in [1.807, 2.05) is 20.8 Å². The van der Waals surface area contributed by atoms with Crippen molar-refractivity contribution in [1.82, 2.24) is 9.80 Å². The highest BCUT2D eigenvalue weighted by molar-refractivity contribution is 5.99. The smallest absolute Gasteiger partial charge is 0.270 e. The van der Waals surface area contributed by atoms with Crippen LogP contribution in [0, 0.1) is 5.92 Å². The van der Waals surface area contributed by atoms with Gasteiger partial charge in [-0.05, 0) is 12.3 Å². The summed E-state index contributed by atoms with van der Waals surface area (Å²) >= 11 is 0. The summed E-state index contributed by atoms with van der Waals surface area (Å²) in [6.45, 7) is 9.33. The molecule has 1 unspecified atom stereocenters. The second kappa shape index (κ2) is 8.44. The van der Waals surface area contributed by atoms with Crippen molar-refractivity contribution in [2.24, 2.45) is 11.7 Å². The van der Waals surface area contributed by atoms with Crippen LogP contribution in [-0.4, -0.2) is 47.7 Å². The van der Waals surface area contributed by atoms with Gasteiger partial charge < -0.3 is 15.5 Å². The first-order valence-corrected chi connectivity index (χ1v) is 7.20. The summed E-state index contributed by atoms with van der Waals surface area (Å²) in [5, 5.41) is 0. The van der Waals surface area contributed by atoms with Gasteiger partial charge in [-0.2, -0.15) is 0 Å². The van der Waals surface area contributed by atoms with Crippen LogP contribution in [0.1, 0.15) is 40.0 Å². The normalized spacial score (nSPS) is 13.2. The molecule has 0 aliphatic rings. The molecule has 0 fully saturated rings. The van der Waals surface area contributed by atoms with Crippen LogP contribution in [0.15, 0.2) is 12.3 Å². The summed E-state index contributed by atoms with van der Waals surface area (Å²) in [7, 11) is 3.02. The summed E-state index contributed by atoms with van der Waals surface area (Å²) < 4.78 is 0. The predicted molar refractivity (Wildman–Crippen MR) is 82.0 cm³/mol. The minimum absolute atomic E-state index is 0.0468. The van der Waals surface area contributed by atoms with Crippen molar-refractivity contribution < 1.29 is 14.4 Å². The fourth-order valence-electron chi connectivity index (χ4n) is 2.08. The van der Waals surface area contributed by atoms with Crippen LogP contribution in [0.25, 0.3) is 0 Å². The molecular weight excluding hydrogens is 270 g/mol. The standard InChI is InChI=1S/C15H27N3O3/c1-7-9-12(19)17(5)11(4)15(21)18(6)13(14(16)20)10(3)8-2/h10,13H,4,7-9H2,1-3,5-6H3,(H2,16,20)/t10?,13-/m0/s1. The van der Waals surface area contributed by atoms with E-state index in [4.69, 9.17) is 5.73 Å². The zero-order chi connectivity index (χ0) is 16.7. The highest BCUT2D eigenvalue weighted by Crippen LogP contribution is 2.16. The van der Waals surface area contributed by atoms with Gasteiger partial charge in [0, 0.05) is 20.5 Å². The van der Waals surface area contributed by atoms with E-state index in [1.54, 1.807) is 0 Å². The van der Waals surface area contributed by atoms with Gasteiger partial charge >= 0.3 is 0 Å². The second-order valence-corrected chi connectivity index (χ2v) is 5.30. The first kappa shape index (κ1) is 19.1. The zero-order valence-electron chi connectivity index (χ0n) is 13.7. The number of nitrogens with zero attached hydrogens (tertiary/aromatic N) is 2. The molecule has 6 nitrogen and oxygen atoms in total. The van der Waals surface area contributed by atoms with Gasteiger partial charge in [0.05, 0.1) is 0 Å². The number of amides is 3. The van der Waals surface area contributed by atoms with Crippen LogP contribution in [0.2, 0.25) is 0 Å². The molecule has 0 spiro atoms. The molecule has 2 atom stereocenters. The Labute approximate surface area is 127 Å². The zero-order valence-corrected chi connectivity index (χ0v) is 13.7. The fraction of sp³-hybridized carbons (Fsp3) is 0.667. The van der Waals surface area contributed by atoms with E-state index in [-0.39, 0.29) is 17.5 Å². The number of hydrogen-bond donors (Lipinski definition) is 1. The molecule has 0 aliphatic carbocycles. The molecule has 6 heteroatoms. The quantitative estimate of drug-likeness (QED) is 0.681. The lowest BCUT2D eigenvalue weighted by atomic mass is 9.97. The monoisotopic (exact) mass is 297 g/mol. The van der Waals surface area contributed by atoms with Crippen LogP contribution in [0.5, 0.6) is 0 Å². The molecule has 0 saturated carbocycles. The lowest BCUT2D eigenvalue weighted by molar-refractivity contribution is -0.139.